The smallest absolute Gasteiger partial charge is 0.421 e. The molecule has 0 aliphatic carbocycles. The Kier molecular flexibility index (Phi) is 7.60. The Morgan fingerprint density at radius 2 is 1.55 bits per heavy atom. The van der Waals surface area contributed by atoms with Crippen LogP contribution in [0, 0.1) is 0 Å². The predicted octanol–water partition coefficient (Wildman–Crippen LogP) is 4.73. The summed E-state index contributed by atoms with van der Waals surface area (Å²) in [5.41, 5.74) is -2.10. The van der Waals surface area contributed by atoms with Crippen LogP contribution in [-0.2, 0) is 23.5 Å². The molecule has 174 valence electrons. The maximum Gasteiger partial charge on any atom is 0.421 e. The molecule has 3 rings (SSSR count). The zero-order chi connectivity index (χ0) is 23.9. The second kappa shape index (κ2) is 10.4. The summed E-state index contributed by atoms with van der Waals surface area (Å²) in [5, 5.41) is 12.8. The van der Waals surface area contributed by atoms with Gasteiger partial charge in [-0.1, -0.05) is 66.7 Å². The van der Waals surface area contributed by atoms with Crippen LogP contribution in [-0.4, -0.2) is 24.3 Å². The Morgan fingerprint density at radius 3 is 2.15 bits per heavy atom. The lowest BCUT2D eigenvalue weighted by atomic mass is 9.89. The van der Waals surface area contributed by atoms with Crippen LogP contribution in [0.3, 0.4) is 0 Å². The Labute approximate surface area is 189 Å². The van der Waals surface area contributed by atoms with E-state index in [2.05, 4.69) is 5.32 Å². The third-order valence-electron chi connectivity index (χ3n) is 5.09. The SMILES string of the molecule is COc1cc(CNC(=O)C[C@@](O)(c2ccccc2)C(F)(F)F)ccc1OCc1ccccc1. The van der Waals surface area contributed by atoms with Gasteiger partial charge in [0.15, 0.2) is 17.1 Å². The normalized spacial score (nSPS) is 13.1. The van der Waals surface area contributed by atoms with Gasteiger partial charge in [-0.15, -0.1) is 0 Å². The van der Waals surface area contributed by atoms with E-state index in [1.165, 1.54) is 25.3 Å². The first kappa shape index (κ1) is 24.1. The minimum atomic E-state index is -5.02. The van der Waals surface area contributed by atoms with E-state index in [-0.39, 0.29) is 6.54 Å². The first-order valence-electron chi connectivity index (χ1n) is 10.2. The first-order valence-corrected chi connectivity index (χ1v) is 10.2. The minimum absolute atomic E-state index is 0.0448. The van der Waals surface area contributed by atoms with E-state index in [9.17, 15) is 23.1 Å². The van der Waals surface area contributed by atoms with E-state index in [0.717, 1.165) is 17.7 Å². The van der Waals surface area contributed by atoms with Gasteiger partial charge in [0.05, 0.1) is 13.5 Å². The number of nitrogens with one attached hydrogen (secondary N) is 1. The van der Waals surface area contributed by atoms with Gasteiger partial charge in [-0.2, -0.15) is 13.2 Å². The van der Waals surface area contributed by atoms with Crippen LogP contribution in [0.2, 0.25) is 0 Å². The molecule has 3 aromatic rings. The number of hydrogen-bond donors (Lipinski definition) is 2. The quantitative estimate of drug-likeness (QED) is 0.486. The summed E-state index contributed by atoms with van der Waals surface area (Å²) in [4.78, 5) is 12.3. The average Bonchev–Trinajstić information content (AvgIpc) is 2.82. The molecule has 1 atom stereocenters. The molecule has 8 heteroatoms. The Balaban J connectivity index is 1.64. The van der Waals surface area contributed by atoms with Gasteiger partial charge in [0.1, 0.15) is 6.61 Å². The second-order valence-electron chi connectivity index (χ2n) is 7.44. The van der Waals surface area contributed by atoms with Crippen LogP contribution >= 0.6 is 0 Å². The maximum absolute atomic E-state index is 13.6. The lowest BCUT2D eigenvalue weighted by Gasteiger charge is -2.30. The minimum Gasteiger partial charge on any atom is -0.493 e. The van der Waals surface area contributed by atoms with Crippen molar-refractivity contribution in [2.75, 3.05) is 7.11 Å². The number of ether oxygens (including phenoxy) is 2. The molecule has 0 spiro atoms. The number of methoxy groups -OCH3 is 1. The number of benzene rings is 3. The van der Waals surface area contributed by atoms with Crippen LogP contribution in [0.1, 0.15) is 23.1 Å². The molecule has 0 unspecified atom stereocenters. The molecule has 3 aromatic carbocycles. The highest BCUT2D eigenvalue weighted by Gasteiger charge is 2.55. The number of hydrogen-bond acceptors (Lipinski definition) is 4. The van der Waals surface area contributed by atoms with Crippen LogP contribution < -0.4 is 14.8 Å². The van der Waals surface area contributed by atoms with Gasteiger partial charge < -0.3 is 19.9 Å². The molecular formula is C25H24F3NO4. The number of halogens is 3. The molecule has 0 aliphatic heterocycles. The van der Waals surface area contributed by atoms with E-state index in [4.69, 9.17) is 9.47 Å². The number of rotatable bonds is 9. The van der Waals surface area contributed by atoms with Crippen LogP contribution in [0.4, 0.5) is 13.2 Å². The molecule has 1 amide bonds. The molecular weight excluding hydrogens is 435 g/mol. The third-order valence-corrected chi connectivity index (χ3v) is 5.09. The average molecular weight is 459 g/mol. The van der Waals surface area contributed by atoms with E-state index >= 15 is 0 Å². The third kappa shape index (κ3) is 6.04. The fourth-order valence-electron chi connectivity index (χ4n) is 3.25. The van der Waals surface area contributed by atoms with E-state index < -0.39 is 29.7 Å². The zero-order valence-corrected chi connectivity index (χ0v) is 17.9. The van der Waals surface area contributed by atoms with Gasteiger partial charge in [-0.05, 0) is 28.8 Å². The van der Waals surface area contributed by atoms with Crippen molar-refractivity contribution in [3.05, 3.63) is 95.6 Å². The number of carbonyl (C=O) groups excluding carboxylic acids is 1. The highest BCUT2D eigenvalue weighted by molar-refractivity contribution is 5.77. The van der Waals surface area contributed by atoms with Gasteiger partial charge in [0.25, 0.3) is 0 Å². The molecule has 5 nitrogen and oxygen atoms in total. The molecule has 0 aliphatic rings. The van der Waals surface area contributed by atoms with Crippen molar-refractivity contribution in [2.45, 2.75) is 31.3 Å². The predicted molar refractivity (Wildman–Crippen MR) is 117 cm³/mol. The Morgan fingerprint density at radius 1 is 0.909 bits per heavy atom. The zero-order valence-electron chi connectivity index (χ0n) is 17.9. The summed E-state index contributed by atoms with van der Waals surface area (Å²) in [5.74, 6) is -0.0252. The van der Waals surface area contributed by atoms with Crippen molar-refractivity contribution in [3.63, 3.8) is 0 Å². The summed E-state index contributed by atoms with van der Waals surface area (Å²) < 4.78 is 51.9. The number of alkyl halides is 3. The van der Waals surface area contributed by atoms with E-state index in [1.807, 2.05) is 30.3 Å². The molecule has 0 saturated carbocycles. The van der Waals surface area contributed by atoms with Gasteiger partial charge in [0.2, 0.25) is 5.91 Å². The Hall–Kier alpha value is -3.52. The van der Waals surface area contributed by atoms with Gasteiger partial charge in [-0.25, -0.2) is 0 Å². The number of amides is 1. The van der Waals surface area contributed by atoms with Crippen molar-refractivity contribution < 1.29 is 32.5 Å². The molecule has 0 radical (unpaired) electrons. The molecule has 0 heterocycles. The highest BCUT2D eigenvalue weighted by Crippen LogP contribution is 2.41. The molecule has 0 fully saturated rings. The van der Waals surface area contributed by atoms with Gasteiger partial charge in [-0.3, -0.25) is 4.79 Å². The summed E-state index contributed by atoms with van der Waals surface area (Å²) in [6.07, 6.45) is -6.18. The number of aliphatic hydroxyl groups is 1. The molecule has 0 bridgehead atoms. The largest absolute Gasteiger partial charge is 0.493 e. The van der Waals surface area contributed by atoms with Crippen molar-refractivity contribution in [1.82, 2.24) is 5.32 Å². The fraction of sp³-hybridized carbons (Fsp3) is 0.240. The van der Waals surface area contributed by atoms with Crippen molar-refractivity contribution >= 4 is 5.91 Å². The second-order valence-corrected chi connectivity index (χ2v) is 7.44. The van der Waals surface area contributed by atoms with Crippen LogP contribution in [0.15, 0.2) is 78.9 Å². The maximum atomic E-state index is 13.6. The lowest BCUT2D eigenvalue weighted by molar-refractivity contribution is -0.267. The topological polar surface area (TPSA) is 67.8 Å². The van der Waals surface area contributed by atoms with Crippen molar-refractivity contribution in [1.29, 1.82) is 0 Å². The Bertz CT molecular complexity index is 1060. The van der Waals surface area contributed by atoms with Crippen LogP contribution in [0.5, 0.6) is 11.5 Å². The number of carbonyl (C=O) groups is 1. The monoisotopic (exact) mass is 459 g/mol. The highest BCUT2D eigenvalue weighted by atomic mass is 19.4. The van der Waals surface area contributed by atoms with Crippen LogP contribution in [0.25, 0.3) is 0 Å². The summed E-state index contributed by atoms with van der Waals surface area (Å²) in [7, 11) is 1.47. The molecule has 0 aromatic heterocycles. The summed E-state index contributed by atoms with van der Waals surface area (Å²) >= 11 is 0. The van der Waals surface area contributed by atoms with E-state index in [1.54, 1.807) is 18.2 Å². The lowest BCUT2D eigenvalue weighted by Crippen LogP contribution is -2.46. The molecule has 2 N–H and O–H groups in total. The van der Waals surface area contributed by atoms with Crippen molar-refractivity contribution in [2.24, 2.45) is 0 Å². The molecule has 0 saturated heterocycles. The van der Waals surface area contributed by atoms with E-state index in [0.29, 0.717) is 23.7 Å². The van der Waals surface area contributed by atoms with Gasteiger partial charge in [0, 0.05) is 6.54 Å². The summed E-state index contributed by atoms with van der Waals surface area (Å²) in [6, 6.07) is 21.1. The molecule has 33 heavy (non-hydrogen) atoms. The van der Waals surface area contributed by atoms with Crippen molar-refractivity contribution in [3.8, 4) is 11.5 Å². The fourth-order valence-corrected chi connectivity index (χ4v) is 3.25. The van der Waals surface area contributed by atoms with Gasteiger partial charge >= 0.3 is 6.18 Å². The first-order chi connectivity index (χ1) is 15.7. The summed E-state index contributed by atoms with van der Waals surface area (Å²) in [6.45, 7) is 0.291. The standard InChI is InChI=1S/C25H24F3NO4/c1-32-22-14-19(12-13-21(22)33-17-18-8-4-2-5-9-18)16-29-23(30)15-24(31,25(26,27)28)20-10-6-3-7-11-20/h2-14,31H,15-17H2,1H3,(H,29,30)/t24-/m1/s1.